The molecule has 0 saturated heterocycles. The van der Waals surface area contributed by atoms with E-state index < -0.39 is 0 Å². The molecule has 0 saturated carbocycles. The summed E-state index contributed by atoms with van der Waals surface area (Å²) >= 11 is 11.5. The second-order valence-electron chi connectivity index (χ2n) is 4.27. The van der Waals surface area contributed by atoms with Crippen LogP contribution in [0.2, 0.25) is 10.4 Å². The topological polar surface area (TPSA) is 66.9 Å². The van der Waals surface area contributed by atoms with E-state index in [1.165, 1.54) is 6.07 Å². The van der Waals surface area contributed by atoms with Crippen LogP contribution in [0.4, 0.5) is 11.5 Å². The molecule has 0 aliphatic rings. The molecule has 0 aliphatic heterocycles. The molecule has 0 radical (unpaired) electrons. The number of amides is 1. The van der Waals surface area contributed by atoms with Crippen molar-refractivity contribution in [3.8, 4) is 0 Å². The van der Waals surface area contributed by atoms with Gasteiger partial charge in [0.25, 0.3) is 5.91 Å². The smallest absolute Gasteiger partial charge is 0.258 e. The maximum atomic E-state index is 12.3. The van der Waals surface area contributed by atoms with E-state index in [-0.39, 0.29) is 22.2 Å². The van der Waals surface area contributed by atoms with Gasteiger partial charge in [0.15, 0.2) is 0 Å². The zero-order chi connectivity index (χ0) is 15.2. The molecule has 1 amide bonds. The molecule has 110 valence electrons. The Morgan fingerprint density at radius 2 is 2.00 bits per heavy atom. The molecule has 0 atom stereocenters. The predicted molar refractivity (Wildman–Crippen MR) is 85.2 cm³/mol. The van der Waals surface area contributed by atoms with Crippen molar-refractivity contribution < 1.29 is 4.79 Å². The largest absolute Gasteiger partial charge is 0.384 e. The van der Waals surface area contributed by atoms with Crippen molar-refractivity contribution in [2.24, 2.45) is 0 Å². The minimum Gasteiger partial charge on any atom is -0.384 e. The van der Waals surface area contributed by atoms with Crippen molar-refractivity contribution in [2.75, 3.05) is 17.2 Å². The molecule has 1 heterocycles. The first-order chi connectivity index (χ1) is 10.1. The second-order valence-corrected chi connectivity index (χ2v) is 5.00. The van der Waals surface area contributed by atoms with E-state index in [1.54, 1.807) is 12.1 Å². The Kier molecular flexibility index (Phi) is 5.36. The van der Waals surface area contributed by atoms with E-state index in [2.05, 4.69) is 27.5 Å². The van der Waals surface area contributed by atoms with E-state index in [0.717, 1.165) is 18.7 Å². The van der Waals surface area contributed by atoms with E-state index in [9.17, 15) is 4.79 Å². The normalized spacial score (nSPS) is 10.2. The van der Waals surface area contributed by atoms with Crippen LogP contribution in [0.1, 0.15) is 23.7 Å². The van der Waals surface area contributed by atoms with Crippen molar-refractivity contribution >= 4 is 40.6 Å². The van der Waals surface area contributed by atoms with Crippen LogP contribution in [0.25, 0.3) is 0 Å². The van der Waals surface area contributed by atoms with Gasteiger partial charge in [-0.1, -0.05) is 30.7 Å². The van der Waals surface area contributed by atoms with Crippen molar-refractivity contribution in [1.29, 1.82) is 0 Å². The molecule has 1 aromatic carbocycles. The van der Waals surface area contributed by atoms with Crippen LogP contribution in [0.5, 0.6) is 0 Å². The highest BCUT2D eigenvalue weighted by Crippen LogP contribution is 2.19. The number of carbonyl (C=O) groups excluding carboxylic acids is 1. The van der Waals surface area contributed by atoms with Crippen LogP contribution in [0.15, 0.2) is 30.3 Å². The zero-order valence-electron chi connectivity index (χ0n) is 11.4. The van der Waals surface area contributed by atoms with Gasteiger partial charge in [-0.3, -0.25) is 4.79 Å². The van der Waals surface area contributed by atoms with Gasteiger partial charge in [0.2, 0.25) is 5.28 Å². The number of aromatic nitrogens is 2. The van der Waals surface area contributed by atoms with Crippen molar-refractivity contribution in [2.45, 2.75) is 13.3 Å². The summed E-state index contributed by atoms with van der Waals surface area (Å²) in [6, 6.07) is 8.69. The van der Waals surface area contributed by atoms with Crippen molar-refractivity contribution in [3.05, 3.63) is 46.3 Å². The van der Waals surface area contributed by atoms with E-state index in [4.69, 9.17) is 23.2 Å². The molecule has 1 aromatic heterocycles. The number of nitrogens with zero attached hydrogens (tertiary/aromatic N) is 2. The molecule has 0 spiro atoms. The first kappa shape index (κ1) is 15.5. The molecule has 0 unspecified atom stereocenters. The maximum Gasteiger partial charge on any atom is 0.258 e. The van der Waals surface area contributed by atoms with Crippen molar-refractivity contribution in [3.63, 3.8) is 0 Å². The van der Waals surface area contributed by atoms with Crippen LogP contribution in [-0.2, 0) is 0 Å². The van der Waals surface area contributed by atoms with Crippen LogP contribution in [0, 0.1) is 0 Å². The number of rotatable bonds is 5. The number of nitrogens with one attached hydrogen (secondary N) is 2. The highest BCUT2D eigenvalue weighted by Gasteiger charge is 2.12. The summed E-state index contributed by atoms with van der Waals surface area (Å²) in [4.78, 5) is 20.0. The van der Waals surface area contributed by atoms with Gasteiger partial charge < -0.3 is 10.6 Å². The molecule has 2 aromatic rings. The SMILES string of the molecule is CCCNc1ccccc1C(=O)Nc1cc(Cl)nc(Cl)n1. The lowest BCUT2D eigenvalue weighted by atomic mass is 10.1. The molecule has 21 heavy (non-hydrogen) atoms. The van der Waals surface area contributed by atoms with Gasteiger partial charge in [-0.25, -0.2) is 9.97 Å². The molecule has 0 aliphatic carbocycles. The highest BCUT2D eigenvalue weighted by atomic mass is 35.5. The number of para-hydroxylation sites is 1. The minimum absolute atomic E-state index is 0.0183. The monoisotopic (exact) mass is 324 g/mol. The molecular weight excluding hydrogens is 311 g/mol. The molecule has 0 bridgehead atoms. The summed E-state index contributed by atoms with van der Waals surface area (Å²) in [5.74, 6) is -0.0321. The first-order valence-corrected chi connectivity index (χ1v) is 7.20. The average molecular weight is 325 g/mol. The van der Waals surface area contributed by atoms with Crippen molar-refractivity contribution in [1.82, 2.24) is 9.97 Å². The van der Waals surface area contributed by atoms with E-state index in [0.29, 0.717) is 5.56 Å². The Bertz CT molecular complexity index is 628. The van der Waals surface area contributed by atoms with E-state index >= 15 is 0 Å². The quantitative estimate of drug-likeness (QED) is 0.647. The summed E-state index contributed by atoms with van der Waals surface area (Å²) in [5.41, 5.74) is 1.29. The Morgan fingerprint density at radius 1 is 1.24 bits per heavy atom. The standard InChI is InChI=1S/C14H14Cl2N4O/c1-2-7-17-10-6-4-3-5-9(10)13(21)19-12-8-11(15)18-14(16)20-12/h3-6,8,17H,2,7H2,1H3,(H,18,19,20,21). The van der Waals surface area contributed by atoms with Crippen LogP contribution < -0.4 is 10.6 Å². The molecule has 5 nitrogen and oxygen atoms in total. The lowest BCUT2D eigenvalue weighted by Gasteiger charge is -2.11. The predicted octanol–water partition coefficient (Wildman–Crippen LogP) is 3.86. The molecular formula is C14H14Cl2N4O. The average Bonchev–Trinajstić information content (AvgIpc) is 2.44. The highest BCUT2D eigenvalue weighted by molar-refractivity contribution is 6.32. The Hall–Kier alpha value is -1.85. The molecule has 2 N–H and O–H groups in total. The maximum absolute atomic E-state index is 12.3. The number of hydrogen-bond acceptors (Lipinski definition) is 4. The number of benzene rings is 1. The Labute approximate surface area is 132 Å². The third-order valence-corrected chi connectivity index (χ3v) is 3.01. The fourth-order valence-corrected chi connectivity index (χ4v) is 2.14. The number of hydrogen-bond donors (Lipinski definition) is 2. The minimum atomic E-state index is -0.292. The summed E-state index contributed by atoms with van der Waals surface area (Å²) in [7, 11) is 0. The summed E-state index contributed by atoms with van der Waals surface area (Å²) in [5, 5.41) is 6.02. The van der Waals surface area contributed by atoms with Gasteiger partial charge in [0, 0.05) is 18.3 Å². The number of halogens is 2. The summed E-state index contributed by atoms with van der Waals surface area (Å²) in [6.45, 7) is 2.84. The molecule has 0 fully saturated rings. The van der Waals surface area contributed by atoms with Gasteiger partial charge >= 0.3 is 0 Å². The van der Waals surface area contributed by atoms with Crippen LogP contribution in [-0.4, -0.2) is 22.4 Å². The van der Waals surface area contributed by atoms with Gasteiger partial charge in [0.1, 0.15) is 11.0 Å². The third kappa shape index (κ3) is 4.31. The zero-order valence-corrected chi connectivity index (χ0v) is 12.9. The first-order valence-electron chi connectivity index (χ1n) is 6.44. The Morgan fingerprint density at radius 3 is 2.71 bits per heavy atom. The number of carbonyl (C=O) groups is 1. The van der Waals surface area contributed by atoms with Gasteiger partial charge in [-0.15, -0.1) is 0 Å². The van der Waals surface area contributed by atoms with Gasteiger partial charge in [-0.05, 0) is 30.2 Å². The lowest BCUT2D eigenvalue weighted by Crippen LogP contribution is -2.16. The third-order valence-electron chi connectivity index (χ3n) is 2.65. The lowest BCUT2D eigenvalue weighted by molar-refractivity contribution is 0.102. The fraction of sp³-hybridized carbons (Fsp3) is 0.214. The summed E-state index contributed by atoms with van der Waals surface area (Å²) < 4.78 is 0. The van der Waals surface area contributed by atoms with Crippen LogP contribution in [0.3, 0.4) is 0 Å². The molecule has 2 rings (SSSR count). The Balaban J connectivity index is 2.20. The number of anilines is 2. The fourth-order valence-electron chi connectivity index (χ4n) is 1.73. The van der Waals surface area contributed by atoms with Gasteiger partial charge in [-0.2, -0.15) is 0 Å². The van der Waals surface area contributed by atoms with Gasteiger partial charge in [0.05, 0.1) is 5.56 Å². The van der Waals surface area contributed by atoms with Crippen LogP contribution >= 0.6 is 23.2 Å². The second kappa shape index (κ2) is 7.24. The summed E-state index contributed by atoms with van der Waals surface area (Å²) in [6.07, 6.45) is 0.965. The molecule has 7 heteroatoms. The van der Waals surface area contributed by atoms with E-state index in [1.807, 2.05) is 12.1 Å².